The molecule has 0 aliphatic carbocycles. The van der Waals surface area contributed by atoms with Crippen LogP contribution in [-0.4, -0.2) is 11.4 Å². The molecule has 1 nitrogen and oxygen atoms in total. The topological polar surface area (TPSA) is 17.1 Å². The lowest BCUT2D eigenvalue weighted by Crippen LogP contribution is -2.10. The highest BCUT2D eigenvalue weighted by Crippen LogP contribution is 2.35. The minimum atomic E-state index is 0.0958. The molecule has 0 atom stereocenters. The van der Waals surface area contributed by atoms with Crippen LogP contribution in [0.5, 0.6) is 0 Å². The van der Waals surface area contributed by atoms with Crippen LogP contribution < -0.4 is 0 Å². The van der Waals surface area contributed by atoms with E-state index in [2.05, 4.69) is 63.2 Å². The Morgan fingerprint density at radius 3 is 1.85 bits per heavy atom. The van der Waals surface area contributed by atoms with Crippen LogP contribution in [0.1, 0.15) is 36.7 Å². The van der Waals surface area contributed by atoms with Crippen molar-refractivity contribution in [2.45, 2.75) is 26.2 Å². The first-order valence-corrected chi connectivity index (χ1v) is 10.0. The Balaban J connectivity index is 2.13. The molecule has 0 bridgehead atoms. The monoisotopic (exact) mass is 360 g/mol. The van der Waals surface area contributed by atoms with Crippen molar-refractivity contribution in [2.24, 2.45) is 0 Å². The Morgan fingerprint density at radius 1 is 0.731 bits per heavy atom. The molecule has 3 rings (SSSR count). The van der Waals surface area contributed by atoms with Gasteiger partial charge in [-0.15, -0.1) is 0 Å². The third kappa shape index (κ3) is 3.76. The first-order valence-electron chi connectivity index (χ1n) is 8.79. The van der Waals surface area contributed by atoms with Gasteiger partial charge in [0, 0.05) is 5.56 Å². The van der Waals surface area contributed by atoms with Crippen molar-refractivity contribution in [2.75, 3.05) is 6.26 Å². The fourth-order valence-electron chi connectivity index (χ4n) is 3.13. The summed E-state index contributed by atoms with van der Waals surface area (Å²) >= 11 is 1.25. The standard InChI is InChI=1S/C24H24OS/c1-24(2,3)18-15-13-17(14-16-18)19-9-5-6-10-20(19)21-11-7-8-12-22(21)23(25)26-4/h5-16H,1-4H3. The van der Waals surface area contributed by atoms with Gasteiger partial charge in [0.15, 0.2) is 0 Å². The summed E-state index contributed by atoms with van der Waals surface area (Å²) in [4.78, 5) is 12.4. The molecule has 0 saturated carbocycles. The molecule has 0 spiro atoms. The van der Waals surface area contributed by atoms with Crippen LogP contribution in [0, 0.1) is 0 Å². The van der Waals surface area contributed by atoms with Crippen molar-refractivity contribution in [3.8, 4) is 22.3 Å². The lowest BCUT2D eigenvalue weighted by Gasteiger charge is -2.20. The molecule has 0 aliphatic heterocycles. The Labute approximate surface area is 160 Å². The maximum absolute atomic E-state index is 12.4. The molecule has 0 aliphatic rings. The van der Waals surface area contributed by atoms with Gasteiger partial charge in [-0.05, 0) is 45.6 Å². The maximum Gasteiger partial charge on any atom is 0.219 e. The van der Waals surface area contributed by atoms with Crippen molar-refractivity contribution in [3.63, 3.8) is 0 Å². The highest BCUT2D eigenvalue weighted by Gasteiger charge is 2.16. The molecule has 0 aromatic heterocycles. The number of hydrogen-bond donors (Lipinski definition) is 0. The van der Waals surface area contributed by atoms with Gasteiger partial charge in [-0.25, -0.2) is 0 Å². The van der Waals surface area contributed by atoms with Crippen LogP contribution in [-0.2, 0) is 5.41 Å². The van der Waals surface area contributed by atoms with E-state index in [1.165, 1.54) is 22.9 Å². The van der Waals surface area contributed by atoms with Crippen molar-refractivity contribution in [1.82, 2.24) is 0 Å². The zero-order valence-electron chi connectivity index (χ0n) is 15.7. The van der Waals surface area contributed by atoms with Crippen LogP contribution >= 0.6 is 11.8 Å². The van der Waals surface area contributed by atoms with Crippen LogP contribution in [0.25, 0.3) is 22.3 Å². The van der Waals surface area contributed by atoms with Crippen molar-refractivity contribution in [1.29, 1.82) is 0 Å². The van der Waals surface area contributed by atoms with Gasteiger partial charge >= 0.3 is 0 Å². The second-order valence-electron chi connectivity index (χ2n) is 7.41. The van der Waals surface area contributed by atoms with Crippen molar-refractivity contribution < 1.29 is 4.79 Å². The minimum Gasteiger partial charge on any atom is -0.282 e. The van der Waals surface area contributed by atoms with E-state index in [0.29, 0.717) is 0 Å². The molecule has 0 heterocycles. The average molecular weight is 361 g/mol. The minimum absolute atomic E-state index is 0.0958. The molecule has 0 radical (unpaired) electrons. The van der Waals surface area contributed by atoms with E-state index in [4.69, 9.17) is 0 Å². The predicted octanol–water partition coefficient (Wildman–Crippen LogP) is 6.82. The van der Waals surface area contributed by atoms with Crippen LogP contribution in [0.15, 0.2) is 72.8 Å². The smallest absolute Gasteiger partial charge is 0.219 e. The van der Waals surface area contributed by atoms with E-state index in [1.54, 1.807) is 0 Å². The predicted molar refractivity (Wildman–Crippen MR) is 114 cm³/mol. The van der Waals surface area contributed by atoms with Crippen LogP contribution in [0.3, 0.4) is 0 Å². The largest absolute Gasteiger partial charge is 0.282 e. The summed E-state index contributed by atoms with van der Waals surface area (Å²) in [5, 5.41) is 0.0958. The number of carbonyl (C=O) groups excluding carboxylic acids is 1. The number of benzene rings is 3. The molecule has 0 saturated heterocycles. The van der Waals surface area contributed by atoms with E-state index in [-0.39, 0.29) is 10.5 Å². The van der Waals surface area contributed by atoms with Gasteiger partial charge in [-0.1, -0.05) is 99.3 Å². The quantitative estimate of drug-likeness (QED) is 0.509. The van der Waals surface area contributed by atoms with Gasteiger partial charge in [0.25, 0.3) is 0 Å². The molecule has 26 heavy (non-hydrogen) atoms. The van der Waals surface area contributed by atoms with E-state index in [9.17, 15) is 4.79 Å². The molecule has 3 aromatic carbocycles. The zero-order chi connectivity index (χ0) is 18.7. The number of rotatable bonds is 3. The average Bonchev–Trinajstić information content (AvgIpc) is 2.67. The number of hydrogen-bond acceptors (Lipinski definition) is 2. The summed E-state index contributed by atoms with van der Waals surface area (Å²) in [5.41, 5.74) is 6.61. The van der Waals surface area contributed by atoms with Crippen LogP contribution in [0.4, 0.5) is 0 Å². The molecular formula is C24H24OS. The zero-order valence-corrected chi connectivity index (χ0v) is 16.6. The molecule has 3 aromatic rings. The van der Waals surface area contributed by atoms with E-state index >= 15 is 0 Å². The van der Waals surface area contributed by atoms with Gasteiger partial charge in [0.2, 0.25) is 5.12 Å². The Hall–Kier alpha value is -2.32. The van der Waals surface area contributed by atoms with Gasteiger partial charge in [-0.3, -0.25) is 4.79 Å². The Bertz CT molecular complexity index is 917. The summed E-state index contributed by atoms with van der Waals surface area (Å²) in [5.74, 6) is 0. The highest BCUT2D eigenvalue weighted by molar-refractivity contribution is 8.13. The SMILES string of the molecule is CSC(=O)c1ccccc1-c1ccccc1-c1ccc(C(C)(C)C)cc1. The first-order chi connectivity index (χ1) is 12.4. The van der Waals surface area contributed by atoms with Crippen LogP contribution in [0.2, 0.25) is 0 Å². The van der Waals surface area contributed by atoms with E-state index in [0.717, 1.165) is 22.3 Å². The molecule has 0 amide bonds. The third-order valence-corrected chi connectivity index (χ3v) is 5.20. The van der Waals surface area contributed by atoms with Crippen molar-refractivity contribution >= 4 is 16.9 Å². The van der Waals surface area contributed by atoms with Gasteiger partial charge in [-0.2, -0.15) is 0 Å². The molecule has 2 heteroatoms. The summed E-state index contributed by atoms with van der Waals surface area (Å²) in [6, 6.07) is 24.9. The highest BCUT2D eigenvalue weighted by atomic mass is 32.2. The molecule has 0 unspecified atom stereocenters. The lowest BCUT2D eigenvalue weighted by molar-refractivity contribution is 0.109. The fourth-order valence-corrected chi connectivity index (χ4v) is 3.52. The summed E-state index contributed by atoms with van der Waals surface area (Å²) in [7, 11) is 0. The fraction of sp³-hybridized carbons (Fsp3) is 0.208. The molecular weight excluding hydrogens is 336 g/mol. The van der Waals surface area contributed by atoms with E-state index in [1.807, 2.05) is 36.6 Å². The van der Waals surface area contributed by atoms with Gasteiger partial charge in [0.1, 0.15) is 0 Å². The lowest BCUT2D eigenvalue weighted by atomic mass is 9.85. The third-order valence-electron chi connectivity index (χ3n) is 4.61. The summed E-state index contributed by atoms with van der Waals surface area (Å²) in [6.45, 7) is 6.67. The number of carbonyl (C=O) groups is 1. The summed E-state index contributed by atoms with van der Waals surface area (Å²) in [6.07, 6.45) is 1.83. The second-order valence-corrected chi connectivity index (χ2v) is 8.19. The maximum atomic E-state index is 12.4. The Kier molecular flexibility index (Phi) is 5.33. The van der Waals surface area contributed by atoms with Gasteiger partial charge < -0.3 is 0 Å². The summed E-state index contributed by atoms with van der Waals surface area (Å²) < 4.78 is 0. The van der Waals surface area contributed by atoms with Crippen molar-refractivity contribution in [3.05, 3.63) is 83.9 Å². The van der Waals surface area contributed by atoms with Gasteiger partial charge in [0.05, 0.1) is 0 Å². The van der Waals surface area contributed by atoms with E-state index < -0.39 is 0 Å². The first kappa shape index (κ1) is 18.5. The second kappa shape index (κ2) is 7.51. The number of thioether (sulfide) groups is 1. The molecule has 0 N–H and O–H groups in total. The normalized spacial score (nSPS) is 11.4. The molecule has 132 valence electrons. The molecule has 0 fully saturated rings. The Morgan fingerprint density at radius 2 is 1.27 bits per heavy atom.